The highest BCUT2D eigenvalue weighted by Crippen LogP contribution is 2.22. The van der Waals surface area contributed by atoms with Gasteiger partial charge in [-0.2, -0.15) is 0 Å². The third kappa shape index (κ3) is 2.21. The largest absolute Gasteiger partial charge is 0.307 e. The molecule has 3 aromatic heterocycles. The van der Waals surface area contributed by atoms with Crippen molar-refractivity contribution in [3.63, 3.8) is 0 Å². The van der Waals surface area contributed by atoms with Crippen molar-refractivity contribution >= 4 is 11.2 Å². The van der Waals surface area contributed by atoms with E-state index in [-0.39, 0.29) is 0 Å². The molecule has 3 heterocycles. The fourth-order valence-electron chi connectivity index (χ4n) is 2.19. The minimum atomic E-state index is 0.530. The Morgan fingerprint density at radius 3 is 2.63 bits per heavy atom. The van der Waals surface area contributed by atoms with Crippen molar-refractivity contribution in [1.29, 1.82) is 0 Å². The summed E-state index contributed by atoms with van der Waals surface area (Å²) in [5.74, 6) is 1.42. The summed E-state index contributed by atoms with van der Waals surface area (Å²) >= 11 is 0. The van der Waals surface area contributed by atoms with Gasteiger partial charge in [0.2, 0.25) is 0 Å². The van der Waals surface area contributed by atoms with Gasteiger partial charge in [-0.25, -0.2) is 9.97 Å². The predicted molar refractivity (Wildman–Crippen MR) is 75.6 cm³/mol. The maximum Gasteiger partial charge on any atom is 0.161 e. The molecule has 3 aromatic rings. The van der Waals surface area contributed by atoms with Gasteiger partial charge in [0, 0.05) is 18.9 Å². The van der Waals surface area contributed by atoms with Crippen molar-refractivity contribution in [3.05, 3.63) is 42.7 Å². The Kier molecular flexibility index (Phi) is 2.99. The standard InChI is InChI=1S/C15H16N4/c1-11(2)10-19-14-13(7-5-9-17-14)18-15(19)12-6-3-4-8-16-12/h3-9,11H,10H2,1-2H3. The summed E-state index contributed by atoms with van der Waals surface area (Å²) in [6.45, 7) is 5.27. The van der Waals surface area contributed by atoms with E-state index in [1.54, 1.807) is 6.20 Å². The number of rotatable bonds is 3. The van der Waals surface area contributed by atoms with Gasteiger partial charge in [0.25, 0.3) is 0 Å². The molecule has 0 aliphatic rings. The van der Waals surface area contributed by atoms with E-state index >= 15 is 0 Å². The van der Waals surface area contributed by atoms with Crippen LogP contribution in [0.2, 0.25) is 0 Å². The van der Waals surface area contributed by atoms with Gasteiger partial charge in [0.1, 0.15) is 11.2 Å². The molecule has 4 heteroatoms. The Labute approximate surface area is 112 Å². The monoisotopic (exact) mass is 252 g/mol. The smallest absolute Gasteiger partial charge is 0.161 e. The lowest BCUT2D eigenvalue weighted by molar-refractivity contribution is 0.534. The van der Waals surface area contributed by atoms with Crippen LogP contribution in [0.1, 0.15) is 13.8 Å². The van der Waals surface area contributed by atoms with Gasteiger partial charge in [-0.15, -0.1) is 0 Å². The first-order valence-electron chi connectivity index (χ1n) is 6.48. The number of hydrogen-bond donors (Lipinski definition) is 0. The van der Waals surface area contributed by atoms with Crippen LogP contribution in [0.3, 0.4) is 0 Å². The SMILES string of the molecule is CC(C)Cn1c(-c2ccccn2)nc2cccnc21. The van der Waals surface area contributed by atoms with Crippen LogP contribution in [0.25, 0.3) is 22.7 Å². The quantitative estimate of drug-likeness (QED) is 0.719. The fourth-order valence-corrected chi connectivity index (χ4v) is 2.19. The second kappa shape index (κ2) is 4.80. The number of hydrogen-bond acceptors (Lipinski definition) is 3. The summed E-state index contributed by atoms with van der Waals surface area (Å²) in [4.78, 5) is 13.5. The number of fused-ring (bicyclic) bond motifs is 1. The second-order valence-corrected chi connectivity index (χ2v) is 5.00. The number of imidazole rings is 1. The average molecular weight is 252 g/mol. The van der Waals surface area contributed by atoms with E-state index in [1.165, 1.54) is 0 Å². The van der Waals surface area contributed by atoms with E-state index in [1.807, 2.05) is 36.5 Å². The fraction of sp³-hybridized carbons (Fsp3) is 0.267. The molecule has 0 N–H and O–H groups in total. The molecule has 0 amide bonds. The van der Waals surface area contributed by atoms with Gasteiger partial charge in [-0.05, 0) is 30.2 Å². The van der Waals surface area contributed by atoms with Crippen LogP contribution in [-0.4, -0.2) is 19.5 Å². The molecule has 4 nitrogen and oxygen atoms in total. The third-order valence-corrected chi connectivity index (χ3v) is 2.95. The average Bonchev–Trinajstić information content (AvgIpc) is 2.78. The highest BCUT2D eigenvalue weighted by molar-refractivity contribution is 5.76. The highest BCUT2D eigenvalue weighted by Gasteiger charge is 2.14. The van der Waals surface area contributed by atoms with Gasteiger partial charge < -0.3 is 4.57 Å². The van der Waals surface area contributed by atoms with Crippen LogP contribution in [0, 0.1) is 5.92 Å². The molecule has 96 valence electrons. The Morgan fingerprint density at radius 2 is 1.89 bits per heavy atom. The van der Waals surface area contributed by atoms with E-state index in [4.69, 9.17) is 0 Å². The summed E-state index contributed by atoms with van der Waals surface area (Å²) in [6.07, 6.45) is 3.60. The summed E-state index contributed by atoms with van der Waals surface area (Å²) < 4.78 is 2.16. The van der Waals surface area contributed by atoms with Crippen molar-refractivity contribution in [2.45, 2.75) is 20.4 Å². The summed E-state index contributed by atoms with van der Waals surface area (Å²) in [5, 5.41) is 0. The zero-order valence-electron chi connectivity index (χ0n) is 11.1. The molecule has 3 rings (SSSR count). The minimum Gasteiger partial charge on any atom is -0.307 e. The molecule has 0 bridgehead atoms. The molecule has 0 saturated heterocycles. The molecular formula is C15H16N4. The van der Waals surface area contributed by atoms with Crippen molar-refractivity contribution < 1.29 is 0 Å². The van der Waals surface area contributed by atoms with E-state index < -0.39 is 0 Å². The summed E-state index contributed by atoms with van der Waals surface area (Å²) in [7, 11) is 0. The predicted octanol–water partition coefficient (Wildman–Crippen LogP) is 3.15. The van der Waals surface area contributed by atoms with Gasteiger partial charge in [-0.3, -0.25) is 4.98 Å². The number of pyridine rings is 2. The zero-order valence-corrected chi connectivity index (χ0v) is 11.1. The molecule has 0 fully saturated rings. The van der Waals surface area contributed by atoms with Crippen molar-refractivity contribution in [2.24, 2.45) is 5.92 Å². The molecule has 0 saturated carbocycles. The molecule has 0 aliphatic heterocycles. The van der Waals surface area contributed by atoms with E-state index in [0.717, 1.165) is 29.2 Å². The van der Waals surface area contributed by atoms with E-state index in [9.17, 15) is 0 Å². The number of nitrogens with zero attached hydrogens (tertiary/aromatic N) is 4. The first-order valence-corrected chi connectivity index (χ1v) is 6.48. The first-order chi connectivity index (χ1) is 9.25. The van der Waals surface area contributed by atoms with Crippen LogP contribution in [0.15, 0.2) is 42.7 Å². The lowest BCUT2D eigenvalue weighted by atomic mass is 10.2. The van der Waals surface area contributed by atoms with Gasteiger partial charge in [0.05, 0.1) is 0 Å². The first kappa shape index (κ1) is 11.8. The zero-order chi connectivity index (χ0) is 13.2. The Hall–Kier alpha value is -2.23. The molecule has 0 spiro atoms. The third-order valence-electron chi connectivity index (χ3n) is 2.95. The van der Waals surface area contributed by atoms with Crippen LogP contribution < -0.4 is 0 Å². The molecule has 0 aromatic carbocycles. The van der Waals surface area contributed by atoms with Crippen LogP contribution >= 0.6 is 0 Å². The molecule has 0 aliphatic carbocycles. The second-order valence-electron chi connectivity index (χ2n) is 5.00. The molecular weight excluding hydrogens is 236 g/mol. The Balaban J connectivity index is 2.23. The van der Waals surface area contributed by atoms with Crippen molar-refractivity contribution in [2.75, 3.05) is 0 Å². The summed E-state index contributed by atoms with van der Waals surface area (Å²) in [6, 6.07) is 9.78. The van der Waals surface area contributed by atoms with Gasteiger partial charge in [0.15, 0.2) is 11.5 Å². The number of aromatic nitrogens is 4. The molecule has 19 heavy (non-hydrogen) atoms. The maximum absolute atomic E-state index is 4.67. The normalized spacial score (nSPS) is 11.3. The topological polar surface area (TPSA) is 43.6 Å². The van der Waals surface area contributed by atoms with Crippen LogP contribution in [0.5, 0.6) is 0 Å². The van der Waals surface area contributed by atoms with Crippen LogP contribution in [0.4, 0.5) is 0 Å². The van der Waals surface area contributed by atoms with Crippen molar-refractivity contribution in [3.8, 4) is 11.5 Å². The Morgan fingerprint density at radius 1 is 1.05 bits per heavy atom. The van der Waals surface area contributed by atoms with Crippen LogP contribution in [-0.2, 0) is 6.54 Å². The minimum absolute atomic E-state index is 0.530. The van der Waals surface area contributed by atoms with Crippen molar-refractivity contribution in [1.82, 2.24) is 19.5 Å². The highest BCUT2D eigenvalue weighted by atomic mass is 15.1. The van der Waals surface area contributed by atoms with Gasteiger partial charge >= 0.3 is 0 Å². The Bertz CT molecular complexity index is 686. The lowest BCUT2D eigenvalue weighted by Crippen LogP contribution is -2.07. The molecule has 0 radical (unpaired) electrons. The van der Waals surface area contributed by atoms with Gasteiger partial charge in [-0.1, -0.05) is 19.9 Å². The lowest BCUT2D eigenvalue weighted by Gasteiger charge is -2.10. The maximum atomic E-state index is 4.67. The molecule has 0 atom stereocenters. The molecule has 0 unspecified atom stereocenters. The van der Waals surface area contributed by atoms with E-state index in [2.05, 4.69) is 33.4 Å². The van der Waals surface area contributed by atoms with E-state index in [0.29, 0.717) is 5.92 Å². The summed E-state index contributed by atoms with van der Waals surface area (Å²) in [5.41, 5.74) is 2.74.